The topological polar surface area (TPSA) is 92.3 Å². The molecular weight excluding hydrogens is 316 g/mol. The van der Waals surface area contributed by atoms with Gasteiger partial charge < -0.3 is 10.2 Å². The number of amides is 1. The molecule has 0 bridgehead atoms. The molecule has 3 rings (SSSR count). The molecule has 2 aliphatic heterocycles. The van der Waals surface area contributed by atoms with Crippen LogP contribution in [0.2, 0.25) is 0 Å². The lowest BCUT2D eigenvalue weighted by atomic mass is 9.95. The van der Waals surface area contributed by atoms with E-state index in [1.54, 1.807) is 6.20 Å². The number of carbonyl (C=O) groups excluding carboxylic acids is 1. The minimum atomic E-state index is -2.96. The van der Waals surface area contributed by atoms with E-state index in [9.17, 15) is 13.2 Å². The molecule has 126 valence electrons. The molecule has 0 spiro atoms. The lowest BCUT2D eigenvalue weighted by molar-refractivity contribution is -0.126. The lowest BCUT2D eigenvalue weighted by Gasteiger charge is -2.31. The maximum Gasteiger partial charge on any atom is 0.225 e. The van der Waals surface area contributed by atoms with Crippen molar-refractivity contribution >= 4 is 21.7 Å². The van der Waals surface area contributed by atoms with Gasteiger partial charge >= 0.3 is 0 Å². The molecule has 1 aromatic rings. The van der Waals surface area contributed by atoms with Gasteiger partial charge in [-0.2, -0.15) is 0 Å². The van der Waals surface area contributed by atoms with Gasteiger partial charge in [-0.1, -0.05) is 0 Å². The number of nitrogens with one attached hydrogen (secondary N) is 1. The van der Waals surface area contributed by atoms with Crippen molar-refractivity contribution in [2.75, 3.05) is 29.5 Å². The minimum absolute atomic E-state index is 0.0167. The minimum Gasteiger partial charge on any atom is -0.352 e. The molecule has 2 saturated heterocycles. The van der Waals surface area contributed by atoms with Crippen LogP contribution in [0, 0.1) is 12.8 Å². The van der Waals surface area contributed by atoms with Gasteiger partial charge in [0.1, 0.15) is 0 Å². The molecule has 1 aromatic heterocycles. The zero-order valence-corrected chi connectivity index (χ0v) is 14.1. The first-order valence-corrected chi connectivity index (χ1v) is 9.80. The van der Waals surface area contributed by atoms with Crippen molar-refractivity contribution in [3.63, 3.8) is 0 Å². The van der Waals surface area contributed by atoms with Crippen LogP contribution in [-0.2, 0) is 14.6 Å². The number of rotatable bonds is 3. The molecule has 0 radical (unpaired) electrons. The second kappa shape index (κ2) is 6.43. The van der Waals surface area contributed by atoms with Crippen LogP contribution in [0.5, 0.6) is 0 Å². The summed E-state index contributed by atoms with van der Waals surface area (Å²) in [7, 11) is -2.96. The molecule has 0 aliphatic carbocycles. The van der Waals surface area contributed by atoms with Gasteiger partial charge in [0.05, 0.1) is 11.5 Å². The Bertz CT molecular complexity index is 684. The third kappa shape index (κ3) is 3.99. The van der Waals surface area contributed by atoms with Crippen LogP contribution in [0.1, 0.15) is 25.0 Å². The predicted molar refractivity (Wildman–Crippen MR) is 86.9 cm³/mol. The second-order valence-electron chi connectivity index (χ2n) is 6.37. The van der Waals surface area contributed by atoms with Gasteiger partial charge in [-0.15, -0.1) is 0 Å². The van der Waals surface area contributed by atoms with Crippen LogP contribution in [-0.4, -0.2) is 54.9 Å². The maximum absolute atomic E-state index is 12.3. The fraction of sp³-hybridized carbons (Fsp3) is 0.667. The van der Waals surface area contributed by atoms with Crippen LogP contribution in [0.15, 0.2) is 12.3 Å². The molecule has 1 unspecified atom stereocenters. The fourth-order valence-electron chi connectivity index (χ4n) is 3.16. The molecule has 7 nitrogen and oxygen atoms in total. The van der Waals surface area contributed by atoms with Crippen molar-refractivity contribution in [1.82, 2.24) is 15.3 Å². The predicted octanol–water partition coefficient (Wildman–Crippen LogP) is 0.305. The Labute approximate surface area is 136 Å². The van der Waals surface area contributed by atoms with E-state index >= 15 is 0 Å². The third-order valence-electron chi connectivity index (χ3n) is 4.51. The van der Waals surface area contributed by atoms with Crippen LogP contribution in [0.3, 0.4) is 0 Å². The molecule has 1 N–H and O–H groups in total. The van der Waals surface area contributed by atoms with Crippen LogP contribution >= 0.6 is 0 Å². The smallest absolute Gasteiger partial charge is 0.225 e. The van der Waals surface area contributed by atoms with E-state index < -0.39 is 9.84 Å². The summed E-state index contributed by atoms with van der Waals surface area (Å²) in [5, 5.41) is 2.90. The standard InChI is InChI=1S/C15H22N4O3S/c1-11-2-6-16-15(17-11)19-7-3-12(4-8-19)14(20)18-13-5-9-23(21,22)10-13/h2,6,12-13H,3-5,7-10H2,1H3,(H,18,20). The zero-order valence-electron chi connectivity index (χ0n) is 13.2. The zero-order chi connectivity index (χ0) is 16.4. The molecule has 0 saturated carbocycles. The van der Waals surface area contributed by atoms with Gasteiger partial charge in [0.25, 0.3) is 0 Å². The monoisotopic (exact) mass is 338 g/mol. The maximum atomic E-state index is 12.3. The number of anilines is 1. The van der Waals surface area contributed by atoms with E-state index in [0.29, 0.717) is 12.4 Å². The summed E-state index contributed by atoms with van der Waals surface area (Å²) in [6.45, 7) is 3.41. The van der Waals surface area contributed by atoms with Crippen molar-refractivity contribution in [1.29, 1.82) is 0 Å². The van der Waals surface area contributed by atoms with Crippen LogP contribution in [0.25, 0.3) is 0 Å². The summed E-state index contributed by atoms with van der Waals surface area (Å²) in [6, 6.07) is 1.64. The first-order chi connectivity index (χ1) is 10.9. The van der Waals surface area contributed by atoms with Crippen molar-refractivity contribution < 1.29 is 13.2 Å². The fourth-order valence-corrected chi connectivity index (χ4v) is 4.83. The highest BCUT2D eigenvalue weighted by Gasteiger charge is 2.32. The highest BCUT2D eigenvalue weighted by atomic mass is 32.2. The summed E-state index contributed by atoms with van der Waals surface area (Å²) in [5.74, 6) is 0.900. The second-order valence-corrected chi connectivity index (χ2v) is 8.60. The van der Waals surface area contributed by atoms with Gasteiger partial charge in [0.2, 0.25) is 11.9 Å². The summed E-state index contributed by atoms with van der Waals surface area (Å²) in [4.78, 5) is 23.1. The summed E-state index contributed by atoms with van der Waals surface area (Å²) < 4.78 is 22.9. The number of piperidine rings is 1. The molecule has 1 atom stereocenters. The van der Waals surface area contributed by atoms with Gasteiger partial charge in [-0.25, -0.2) is 18.4 Å². The molecule has 0 aromatic carbocycles. The SMILES string of the molecule is Cc1ccnc(N2CCC(C(=O)NC3CCS(=O)(=O)C3)CC2)n1. The van der Waals surface area contributed by atoms with E-state index in [-0.39, 0.29) is 29.4 Å². The number of nitrogens with zero attached hydrogens (tertiary/aromatic N) is 3. The van der Waals surface area contributed by atoms with Gasteiger partial charge in [-0.05, 0) is 32.3 Å². The first kappa shape index (κ1) is 16.2. The average Bonchev–Trinajstić information content (AvgIpc) is 2.86. The van der Waals surface area contributed by atoms with Gasteiger partial charge in [-0.3, -0.25) is 4.79 Å². The molecular formula is C15H22N4O3S. The molecule has 8 heteroatoms. The first-order valence-electron chi connectivity index (χ1n) is 7.98. The Hall–Kier alpha value is -1.70. The molecule has 2 aliphatic rings. The Balaban J connectivity index is 1.51. The normalized spacial score (nSPS) is 24.6. The Morgan fingerprint density at radius 2 is 2.04 bits per heavy atom. The number of aromatic nitrogens is 2. The van der Waals surface area contributed by atoms with E-state index in [4.69, 9.17) is 0 Å². The van der Waals surface area contributed by atoms with E-state index in [1.807, 2.05) is 13.0 Å². The number of carbonyl (C=O) groups is 1. The van der Waals surface area contributed by atoms with Gasteiger partial charge in [0, 0.05) is 36.9 Å². The van der Waals surface area contributed by atoms with Crippen LogP contribution in [0.4, 0.5) is 5.95 Å². The number of hydrogen-bond acceptors (Lipinski definition) is 6. The quantitative estimate of drug-likeness (QED) is 0.852. The summed E-state index contributed by atoms with van der Waals surface area (Å²) >= 11 is 0. The van der Waals surface area contributed by atoms with E-state index in [2.05, 4.69) is 20.2 Å². The largest absolute Gasteiger partial charge is 0.352 e. The van der Waals surface area contributed by atoms with Crippen molar-refractivity contribution in [3.8, 4) is 0 Å². The van der Waals surface area contributed by atoms with Crippen molar-refractivity contribution in [2.45, 2.75) is 32.2 Å². The summed E-state index contributed by atoms with van der Waals surface area (Å²) in [6.07, 6.45) is 3.76. The van der Waals surface area contributed by atoms with E-state index in [1.165, 1.54) is 0 Å². The highest BCUT2D eigenvalue weighted by molar-refractivity contribution is 7.91. The number of aryl methyl sites for hydroxylation is 1. The Morgan fingerprint density at radius 3 is 2.65 bits per heavy atom. The number of sulfone groups is 1. The third-order valence-corrected chi connectivity index (χ3v) is 6.28. The Kier molecular flexibility index (Phi) is 4.52. The molecule has 1 amide bonds. The van der Waals surface area contributed by atoms with Gasteiger partial charge in [0.15, 0.2) is 9.84 Å². The average molecular weight is 338 g/mol. The lowest BCUT2D eigenvalue weighted by Crippen LogP contribution is -2.44. The summed E-state index contributed by atoms with van der Waals surface area (Å²) in [5.41, 5.74) is 0.928. The van der Waals surface area contributed by atoms with Crippen molar-refractivity contribution in [2.24, 2.45) is 5.92 Å². The Morgan fingerprint density at radius 1 is 1.30 bits per heavy atom. The highest BCUT2D eigenvalue weighted by Crippen LogP contribution is 2.21. The molecule has 2 fully saturated rings. The van der Waals surface area contributed by atoms with E-state index in [0.717, 1.165) is 31.6 Å². The van der Waals surface area contributed by atoms with Crippen molar-refractivity contribution in [3.05, 3.63) is 18.0 Å². The number of hydrogen-bond donors (Lipinski definition) is 1. The molecule has 3 heterocycles. The van der Waals surface area contributed by atoms with Crippen LogP contribution < -0.4 is 10.2 Å². The molecule has 23 heavy (non-hydrogen) atoms.